The van der Waals surface area contributed by atoms with E-state index < -0.39 is 0 Å². The van der Waals surface area contributed by atoms with Crippen molar-refractivity contribution < 1.29 is 4.74 Å². The van der Waals surface area contributed by atoms with Crippen molar-refractivity contribution in [2.75, 3.05) is 20.2 Å². The molecule has 0 spiro atoms. The van der Waals surface area contributed by atoms with Gasteiger partial charge >= 0.3 is 0 Å². The van der Waals surface area contributed by atoms with Crippen LogP contribution in [0.5, 0.6) is 0 Å². The normalized spacial score (nSPS) is 39.9. The maximum absolute atomic E-state index is 5.76. The maximum Gasteiger partial charge on any atom is 0.0703 e. The predicted molar refractivity (Wildman–Crippen MR) is 80.5 cm³/mol. The number of ether oxygens (including phenoxy) is 1. The van der Waals surface area contributed by atoms with Crippen LogP contribution in [0.2, 0.25) is 0 Å². The number of hydrogen-bond acceptors (Lipinski definition) is 3. The molecule has 0 amide bonds. The summed E-state index contributed by atoms with van der Waals surface area (Å²) in [5.74, 6) is 0.866. The molecule has 5 unspecified atom stereocenters. The minimum Gasteiger partial charge on any atom is -0.377 e. The van der Waals surface area contributed by atoms with Crippen molar-refractivity contribution in [3.63, 3.8) is 0 Å². The molecule has 3 nitrogen and oxygen atoms in total. The van der Waals surface area contributed by atoms with E-state index in [1.54, 1.807) is 0 Å². The predicted octanol–water partition coefficient (Wildman–Crippen LogP) is 2.65. The van der Waals surface area contributed by atoms with Gasteiger partial charge in [-0.25, -0.2) is 0 Å². The minimum absolute atomic E-state index is 0.397. The summed E-state index contributed by atoms with van der Waals surface area (Å²) in [5, 5.41) is 3.78. The highest BCUT2D eigenvalue weighted by Gasteiger charge is 2.37. The molecule has 0 aromatic heterocycles. The molecule has 0 aromatic rings. The summed E-state index contributed by atoms with van der Waals surface area (Å²) < 4.78 is 5.76. The average Bonchev–Trinajstić information content (AvgIpc) is 2.82. The Labute approximate surface area is 119 Å². The summed E-state index contributed by atoms with van der Waals surface area (Å²) in [5.41, 5.74) is 0. The molecule has 1 aliphatic carbocycles. The van der Waals surface area contributed by atoms with Crippen molar-refractivity contribution in [2.45, 2.75) is 77.1 Å². The Morgan fingerprint density at radius 1 is 1.16 bits per heavy atom. The Bertz CT molecular complexity index is 269. The second-order valence-electron chi connectivity index (χ2n) is 6.64. The van der Waals surface area contributed by atoms with Crippen LogP contribution in [0.3, 0.4) is 0 Å². The molecule has 2 fully saturated rings. The molecule has 3 heteroatoms. The van der Waals surface area contributed by atoms with Gasteiger partial charge in [-0.1, -0.05) is 13.8 Å². The molecular formula is C16H32N2O. The van der Waals surface area contributed by atoms with Gasteiger partial charge < -0.3 is 10.1 Å². The summed E-state index contributed by atoms with van der Waals surface area (Å²) in [4.78, 5) is 2.63. The van der Waals surface area contributed by atoms with Gasteiger partial charge in [0.25, 0.3) is 0 Å². The van der Waals surface area contributed by atoms with Crippen LogP contribution in [-0.2, 0) is 4.74 Å². The molecule has 1 heterocycles. The lowest BCUT2D eigenvalue weighted by atomic mass is 9.81. The van der Waals surface area contributed by atoms with Crippen LogP contribution < -0.4 is 5.32 Å². The van der Waals surface area contributed by atoms with Crippen LogP contribution in [0.25, 0.3) is 0 Å². The number of nitrogens with one attached hydrogen (secondary N) is 1. The molecule has 1 saturated heterocycles. The second-order valence-corrected chi connectivity index (χ2v) is 6.64. The Hall–Kier alpha value is -0.120. The van der Waals surface area contributed by atoms with Crippen LogP contribution in [0, 0.1) is 5.92 Å². The van der Waals surface area contributed by atoms with E-state index in [2.05, 4.69) is 38.0 Å². The lowest BCUT2D eigenvalue weighted by Crippen LogP contribution is -2.56. The first-order chi connectivity index (χ1) is 9.13. The first kappa shape index (κ1) is 15.3. The molecule has 0 bridgehead atoms. The van der Waals surface area contributed by atoms with E-state index in [1.807, 2.05) is 0 Å². The molecule has 1 N–H and O–H groups in total. The lowest BCUT2D eigenvalue weighted by molar-refractivity contribution is 0.0400. The first-order valence-corrected chi connectivity index (χ1v) is 8.20. The van der Waals surface area contributed by atoms with E-state index in [9.17, 15) is 0 Å². The lowest BCUT2D eigenvalue weighted by Gasteiger charge is -2.44. The monoisotopic (exact) mass is 268 g/mol. The molecule has 0 radical (unpaired) electrons. The highest BCUT2D eigenvalue weighted by molar-refractivity contribution is 4.93. The van der Waals surface area contributed by atoms with Gasteiger partial charge in [0.05, 0.1) is 6.10 Å². The largest absolute Gasteiger partial charge is 0.377 e. The fraction of sp³-hybridized carbons (Fsp3) is 1.00. The molecule has 2 rings (SSSR count). The molecule has 112 valence electrons. The van der Waals surface area contributed by atoms with E-state index in [1.165, 1.54) is 32.1 Å². The number of hydrogen-bond donors (Lipinski definition) is 1. The third-order valence-corrected chi connectivity index (χ3v) is 5.12. The van der Waals surface area contributed by atoms with Crippen molar-refractivity contribution in [3.05, 3.63) is 0 Å². The van der Waals surface area contributed by atoms with Gasteiger partial charge in [0.1, 0.15) is 0 Å². The average molecular weight is 268 g/mol. The molecule has 0 aromatic carbocycles. The summed E-state index contributed by atoms with van der Waals surface area (Å²) in [7, 11) is 2.32. The first-order valence-electron chi connectivity index (χ1n) is 8.20. The second kappa shape index (κ2) is 7.05. The Kier molecular flexibility index (Phi) is 5.67. The SMILES string of the molecule is CCCNC1CCC(C)CC1N(C)C1CCOC1C. The summed E-state index contributed by atoms with van der Waals surface area (Å²) in [6, 6.07) is 1.97. The summed E-state index contributed by atoms with van der Waals surface area (Å²) in [6.07, 6.45) is 6.87. The zero-order valence-electron chi connectivity index (χ0n) is 13.2. The summed E-state index contributed by atoms with van der Waals surface area (Å²) >= 11 is 0. The Morgan fingerprint density at radius 2 is 1.95 bits per heavy atom. The minimum atomic E-state index is 0.397. The molecule has 2 aliphatic rings. The third kappa shape index (κ3) is 3.71. The van der Waals surface area contributed by atoms with Gasteiger partial charge in [0.2, 0.25) is 0 Å². The van der Waals surface area contributed by atoms with Crippen LogP contribution in [-0.4, -0.2) is 49.3 Å². The van der Waals surface area contributed by atoms with E-state index in [4.69, 9.17) is 4.74 Å². The van der Waals surface area contributed by atoms with Gasteiger partial charge in [0, 0.05) is 24.7 Å². The van der Waals surface area contributed by atoms with Gasteiger partial charge in [-0.05, 0) is 58.5 Å². The number of rotatable bonds is 5. The smallest absolute Gasteiger partial charge is 0.0703 e. The van der Waals surface area contributed by atoms with E-state index >= 15 is 0 Å². The van der Waals surface area contributed by atoms with Gasteiger partial charge in [-0.3, -0.25) is 4.90 Å². The highest BCUT2D eigenvalue weighted by atomic mass is 16.5. The maximum atomic E-state index is 5.76. The fourth-order valence-corrected chi connectivity index (χ4v) is 3.87. The van der Waals surface area contributed by atoms with Crippen LogP contribution in [0.1, 0.15) is 52.9 Å². The fourth-order valence-electron chi connectivity index (χ4n) is 3.87. The quantitative estimate of drug-likeness (QED) is 0.829. The summed E-state index contributed by atoms with van der Waals surface area (Å²) in [6.45, 7) is 8.98. The van der Waals surface area contributed by atoms with Crippen LogP contribution in [0.4, 0.5) is 0 Å². The zero-order valence-corrected chi connectivity index (χ0v) is 13.2. The van der Waals surface area contributed by atoms with Crippen molar-refractivity contribution >= 4 is 0 Å². The molecule has 19 heavy (non-hydrogen) atoms. The van der Waals surface area contributed by atoms with Crippen molar-refractivity contribution in [1.82, 2.24) is 10.2 Å². The molecule has 5 atom stereocenters. The van der Waals surface area contributed by atoms with Crippen LogP contribution >= 0.6 is 0 Å². The van der Waals surface area contributed by atoms with Gasteiger partial charge in [-0.2, -0.15) is 0 Å². The van der Waals surface area contributed by atoms with Crippen molar-refractivity contribution in [1.29, 1.82) is 0 Å². The topological polar surface area (TPSA) is 24.5 Å². The van der Waals surface area contributed by atoms with E-state index in [0.29, 0.717) is 24.2 Å². The van der Waals surface area contributed by atoms with Gasteiger partial charge in [-0.15, -0.1) is 0 Å². The third-order valence-electron chi connectivity index (χ3n) is 5.12. The number of likely N-dealkylation sites (N-methyl/N-ethyl adjacent to an activating group) is 1. The molecular weight excluding hydrogens is 236 g/mol. The van der Waals surface area contributed by atoms with Crippen molar-refractivity contribution in [3.8, 4) is 0 Å². The molecule has 1 aliphatic heterocycles. The van der Waals surface area contributed by atoms with E-state index in [-0.39, 0.29) is 0 Å². The van der Waals surface area contributed by atoms with Crippen LogP contribution in [0.15, 0.2) is 0 Å². The number of nitrogens with zero attached hydrogens (tertiary/aromatic N) is 1. The highest BCUT2D eigenvalue weighted by Crippen LogP contribution is 2.31. The van der Waals surface area contributed by atoms with Crippen molar-refractivity contribution in [2.24, 2.45) is 5.92 Å². The standard InChI is InChI=1S/C16H32N2O/c1-5-9-17-14-7-6-12(2)11-16(14)18(4)15-8-10-19-13(15)3/h12-17H,5-11H2,1-4H3. The van der Waals surface area contributed by atoms with E-state index in [0.717, 1.165) is 19.1 Å². The van der Waals surface area contributed by atoms with Gasteiger partial charge in [0.15, 0.2) is 0 Å². The Balaban J connectivity index is 1.99. The Morgan fingerprint density at radius 3 is 2.58 bits per heavy atom. The molecule has 1 saturated carbocycles. The zero-order chi connectivity index (χ0) is 13.8.